The van der Waals surface area contributed by atoms with Gasteiger partial charge in [0.05, 0.1) is 11.1 Å². The van der Waals surface area contributed by atoms with Gasteiger partial charge in [0.15, 0.2) is 0 Å². The van der Waals surface area contributed by atoms with Crippen LogP contribution in [0, 0.1) is 0 Å². The van der Waals surface area contributed by atoms with Gasteiger partial charge < -0.3 is 10.2 Å². The molecule has 0 saturated carbocycles. The number of carbonyl (C=O) groups is 2. The fourth-order valence-corrected chi connectivity index (χ4v) is 2.97. The third-order valence-electron chi connectivity index (χ3n) is 4.08. The van der Waals surface area contributed by atoms with E-state index in [-0.39, 0.29) is 11.8 Å². The zero-order valence-corrected chi connectivity index (χ0v) is 11.8. The molecule has 0 radical (unpaired) electrons. The highest BCUT2D eigenvalue weighted by atomic mass is 16.2. The number of rotatable bonds is 2. The highest BCUT2D eigenvalue weighted by Crippen LogP contribution is 2.25. The molecule has 1 atom stereocenters. The van der Waals surface area contributed by atoms with E-state index in [4.69, 9.17) is 0 Å². The number of carbonyl (C=O) groups excluding carboxylic acids is 2. The van der Waals surface area contributed by atoms with Crippen LogP contribution in [-0.4, -0.2) is 54.8 Å². The first-order chi connectivity index (χ1) is 9.56. The van der Waals surface area contributed by atoms with Crippen LogP contribution in [0.1, 0.15) is 33.6 Å². The highest BCUT2D eigenvalue weighted by Gasteiger charge is 2.32. The molecule has 2 aliphatic rings. The maximum absolute atomic E-state index is 12.0. The number of likely N-dealkylation sites (N-methyl/N-ethyl adjacent to an activating group) is 1. The predicted octanol–water partition coefficient (Wildman–Crippen LogP) is 1.42. The summed E-state index contributed by atoms with van der Waals surface area (Å²) >= 11 is 0. The van der Waals surface area contributed by atoms with Crippen LogP contribution in [0.25, 0.3) is 0 Å². The Morgan fingerprint density at radius 2 is 1.90 bits per heavy atom. The molecular formula is C15H19N3O2. The monoisotopic (exact) mass is 273 g/mol. The van der Waals surface area contributed by atoms with Gasteiger partial charge in [0.2, 0.25) is 0 Å². The Labute approximate surface area is 118 Å². The summed E-state index contributed by atoms with van der Waals surface area (Å²) in [6.45, 7) is 2.14. The van der Waals surface area contributed by atoms with Crippen LogP contribution in [0.2, 0.25) is 0 Å². The zero-order valence-electron chi connectivity index (χ0n) is 11.8. The Balaban J connectivity index is 1.80. The van der Waals surface area contributed by atoms with E-state index in [9.17, 15) is 9.59 Å². The van der Waals surface area contributed by atoms with Crippen LogP contribution in [-0.2, 0) is 0 Å². The SMILES string of the molecule is CN1CCCC(Nc2ccc3c(c2)C(=O)N(C)C3=O)C1. The number of likely N-dealkylation sites (tertiary alicyclic amines) is 1. The van der Waals surface area contributed by atoms with Crippen molar-refractivity contribution in [3.8, 4) is 0 Å². The van der Waals surface area contributed by atoms with E-state index >= 15 is 0 Å². The third-order valence-corrected chi connectivity index (χ3v) is 4.08. The molecule has 2 amide bonds. The molecule has 1 aromatic rings. The van der Waals surface area contributed by atoms with E-state index in [1.165, 1.54) is 18.4 Å². The summed E-state index contributed by atoms with van der Waals surface area (Å²) in [6, 6.07) is 5.83. The number of anilines is 1. The molecule has 0 aliphatic carbocycles. The lowest BCUT2D eigenvalue weighted by atomic mass is 10.0. The van der Waals surface area contributed by atoms with E-state index in [0.29, 0.717) is 17.2 Å². The number of piperidine rings is 1. The number of nitrogens with zero attached hydrogens (tertiary/aromatic N) is 2. The van der Waals surface area contributed by atoms with Gasteiger partial charge in [-0.05, 0) is 44.6 Å². The van der Waals surface area contributed by atoms with Crippen molar-refractivity contribution in [3.05, 3.63) is 29.3 Å². The molecule has 106 valence electrons. The van der Waals surface area contributed by atoms with Crippen LogP contribution in [0.5, 0.6) is 0 Å². The Kier molecular flexibility index (Phi) is 3.22. The lowest BCUT2D eigenvalue weighted by molar-refractivity contribution is 0.0693. The number of benzene rings is 1. The molecule has 2 heterocycles. The van der Waals surface area contributed by atoms with Crippen LogP contribution in [0.15, 0.2) is 18.2 Å². The third kappa shape index (κ3) is 2.18. The number of hydrogen-bond donors (Lipinski definition) is 1. The first kappa shape index (κ1) is 13.1. The molecule has 1 N–H and O–H groups in total. The topological polar surface area (TPSA) is 52.7 Å². The lowest BCUT2D eigenvalue weighted by Crippen LogP contribution is -2.39. The van der Waals surface area contributed by atoms with Gasteiger partial charge in [-0.2, -0.15) is 0 Å². The maximum Gasteiger partial charge on any atom is 0.261 e. The molecule has 20 heavy (non-hydrogen) atoms. The quantitative estimate of drug-likeness (QED) is 0.828. The molecule has 1 aromatic carbocycles. The normalized spacial score (nSPS) is 23.1. The van der Waals surface area contributed by atoms with E-state index in [1.54, 1.807) is 12.1 Å². The number of nitrogens with one attached hydrogen (secondary N) is 1. The van der Waals surface area contributed by atoms with Crippen molar-refractivity contribution in [2.75, 3.05) is 32.5 Å². The largest absolute Gasteiger partial charge is 0.381 e. The van der Waals surface area contributed by atoms with E-state index < -0.39 is 0 Å². The summed E-state index contributed by atoms with van der Waals surface area (Å²) in [6.07, 6.45) is 2.31. The molecular weight excluding hydrogens is 254 g/mol. The van der Waals surface area contributed by atoms with Gasteiger partial charge in [-0.1, -0.05) is 0 Å². The average molecular weight is 273 g/mol. The van der Waals surface area contributed by atoms with Crippen molar-refractivity contribution in [1.29, 1.82) is 0 Å². The van der Waals surface area contributed by atoms with Crippen LogP contribution in [0.3, 0.4) is 0 Å². The van der Waals surface area contributed by atoms with Gasteiger partial charge in [-0.25, -0.2) is 0 Å². The zero-order chi connectivity index (χ0) is 14.3. The van der Waals surface area contributed by atoms with Crippen LogP contribution < -0.4 is 5.32 Å². The van der Waals surface area contributed by atoms with Crippen molar-refractivity contribution in [1.82, 2.24) is 9.80 Å². The molecule has 0 bridgehead atoms. The number of hydrogen-bond acceptors (Lipinski definition) is 4. The van der Waals surface area contributed by atoms with E-state index in [0.717, 1.165) is 25.2 Å². The van der Waals surface area contributed by atoms with Crippen molar-refractivity contribution in [3.63, 3.8) is 0 Å². The first-order valence-corrected chi connectivity index (χ1v) is 6.98. The molecule has 1 unspecified atom stereocenters. The van der Waals surface area contributed by atoms with Crippen LogP contribution >= 0.6 is 0 Å². The number of fused-ring (bicyclic) bond motifs is 1. The van der Waals surface area contributed by atoms with Gasteiger partial charge in [0.25, 0.3) is 11.8 Å². The van der Waals surface area contributed by atoms with Crippen molar-refractivity contribution < 1.29 is 9.59 Å². The summed E-state index contributed by atoms with van der Waals surface area (Å²) < 4.78 is 0. The number of amides is 2. The second-order valence-electron chi connectivity index (χ2n) is 5.68. The second-order valence-corrected chi connectivity index (χ2v) is 5.68. The molecule has 2 aliphatic heterocycles. The Hall–Kier alpha value is -1.88. The summed E-state index contributed by atoms with van der Waals surface area (Å²) in [7, 11) is 3.64. The molecule has 5 nitrogen and oxygen atoms in total. The molecule has 3 rings (SSSR count). The summed E-state index contributed by atoms with van der Waals surface area (Å²) in [5.74, 6) is -0.427. The minimum Gasteiger partial charge on any atom is -0.381 e. The Morgan fingerprint density at radius 1 is 1.15 bits per heavy atom. The number of imide groups is 1. The lowest BCUT2D eigenvalue weighted by Gasteiger charge is -2.30. The smallest absolute Gasteiger partial charge is 0.261 e. The predicted molar refractivity (Wildman–Crippen MR) is 77.0 cm³/mol. The Morgan fingerprint density at radius 3 is 2.65 bits per heavy atom. The highest BCUT2D eigenvalue weighted by molar-refractivity contribution is 6.21. The van der Waals surface area contributed by atoms with E-state index in [2.05, 4.69) is 17.3 Å². The summed E-state index contributed by atoms with van der Waals surface area (Å²) in [4.78, 5) is 27.3. The molecule has 0 aromatic heterocycles. The van der Waals surface area contributed by atoms with Crippen molar-refractivity contribution in [2.24, 2.45) is 0 Å². The Bertz CT molecular complexity index is 570. The average Bonchev–Trinajstić information content (AvgIpc) is 2.64. The van der Waals surface area contributed by atoms with E-state index in [1.807, 2.05) is 6.07 Å². The minimum absolute atomic E-state index is 0.214. The fourth-order valence-electron chi connectivity index (χ4n) is 2.97. The second kappa shape index (κ2) is 4.90. The molecule has 1 saturated heterocycles. The maximum atomic E-state index is 12.0. The standard InChI is InChI=1S/C15H19N3O2/c1-17-7-3-4-11(9-17)16-10-5-6-12-13(8-10)15(20)18(2)14(12)19/h5-6,8,11,16H,3-4,7,9H2,1-2H3. The minimum atomic E-state index is -0.214. The fraction of sp³-hybridized carbons (Fsp3) is 0.467. The summed E-state index contributed by atoms with van der Waals surface area (Å²) in [5.41, 5.74) is 1.93. The first-order valence-electron chi connectivity index (χ1n) is 6.98. The van der Waals surface area contributed by atoms with Gasteiger partial charge in [-0.15, -0.1) is 0 Å². The molecule has 1 fully saturated rings. The van der Waals surface area contributed by atoms with Crippen molar-refractivity contribution in [2.45, 2.75) is 18.9 Å². The van der Waals surface area contributed by atoms with Gasteiger partial charge in [0, 0.05) is 25.3 Å². The van der Waals surface area contributed by atoms with Gasteiger partial charge in [-0.3, -0.25) is 14.5 Å². The molecule has 0 spiro atoms. The molecule has 5 heteroatoms. The summed E-state index contributed by atoms with van der Waals surface area (Å²) in [5, 5.41) is 3.47. The van der Waals surface area contributed by atoms with Crippen LogP contribution in [0.4, 0.5) is 5.69 Å². The van der Waals surface area contributed by atoms with Gasteiger partial charge in [0.1, 0.15) is 0 Å². The van der Waals surface area contributed by atoms with Crippen molar-refractivity contribution >= 4 is 17.5 Å². The van der Waals surface area contributed by atoms with Gasteiger partial charge >= 0.3 is 0 Å².